The zero-order chi connectivity index (χ0) is 24.5. The number of hydrogen-bond acceptors (Lipinski definition) is 7. The zero-order valence-electron chi connectivity index (χ0n) is 20.0. The molecule has 0 saturated carbocycles. The summed E-state index contributed by atoms with van der Waals surface area (Å²) in [7, 11) is 1.32. The van der Waals surface area contributed by atoms with E-state index < -0.39 is 11.8 Å². The third kappa shape index (κ3) is 6.97. The minimum absolute atomic E-state index is 0.164. The Bertz CT molecular complexity index is 1060. The van der Waals surface area contributed by atoms with E-state index in [1.165, 1.54) is 7.11 Å². The average molecular weight is 479 g/mol. The molecule has 1 saturated heterocycles. The van der Waals surface area contributed by atoms with Crippen molar-refractivity contribution in [3.63, 3.8) is 0 Å². The van der Waals surface area contributed by atoms with Crippen molar-refractivity contribution in [3.05, 3.63) is 84.4 Å². The standard InChI is InChI=1S/C28H30O7/c1-28(27(29)30-2)33-19-22(20-34-28)18-21-8-10-23(11-9-21)31-16-17-32-24-12-14-26(15-13-24)35-25-6-4-3-5-7-25/h3-15,22H,16-20H2,1-2H3/t22-,28-. The van der Waals surface area contributed by atoms with E-state index in [1.807, 2.05) is 78.9 Å². The van der Waals surface area contributed by atoms with Crippen LogP contribution >= 0.6 is 0 Å². The largest absolute Gasteiger partial charge is 0.490 e. The maximum absolute atomic E-state index is 11.8. The van der Waals surface area contributed by atoms with Crippen molar-refractivity contribution < 1.29 is 33.2 Å². The molecule has 35 heavy (non-hydrogen) atoms. The lowest BCUT2D eigenvalue weighted by Crippen LogP contribution is -2.48. The number of hydrogen-bond donors (Lipinski definition) is 0. The quantitative estimate of drug-likeness (QED) is 0.299. The maximum Gasteiger partial charge on any atom is 0.366 e. The van der Waals surface area contributed by atoms with Crippen LogP contribution in [0.15, 0.2) is 78.9 Å². The van der Waals surface area contributed by atoms with Crippen LogP contribution in [-0.4, -0.2) is 45.3 Å². The molecule has 0 spiro atoms. The number of rotatable bonds is 10. The summed E-state index contributed by atoms with van der Waals surface area (Å²) in [6.45, 7) is 3.30. The lowest BCUT2D eigenvalue weighted by Gasteiger charge is -2.35. The van der Waals surface area contributed by atoms with Crippen molar-refractivity contribution >= 4 is 5.97 Å². The molecule has 0 aromatic heterocycles. The highest BCUT2D eigenvalue weighted by Gasteiger charge is 2.41. The Kier molecular flexibility index (Phi) is 8.23. The first-order chi connectivity index (χ1) is 17.0. The zero-order valence-corrected chi connectivity index (χ0v) is 20.0. The van der Waals surface area contributed by atoms with Gasteiger partial charge in [0.15, 0.2) is 0 Å². The van der Waals surface area contributed by atoms with Gasteiger partial charge in [-0.05, 0) is 60.5 Å². The predicted octanol–water partition coefficient (Wildman–Crippen LogP) is 5.03. The van der Waals surface area contributed by atoms with Crippen molar-refractivity contribution in [1.82, 2.24) is 0 Å². The Morgan fingerprint density at radius 3 is 1.89 bits per heavy atom. The molecule has 0 N–H and O–H groups in total. The smallest absolute Gasteiger partial charge is 0.366 e. The summed E-state index contributed by atoms with van der Waals surface area (Å²) in [5.74, 6) is 1.41. The summed E-state index contributed by atoms with van der Waals surface area (Å²) in [5, 5.41) is 0. The van der Waals surface area contributed by atoms with Crippen molar-refractivity contribution in [2.75, 3.05) is 33.5 Å². The van der Waals surface area contributed by atoms with E-state index in [4.69, 9.17) is 28.4 Å². The van der Waals surface area contributed by atoms with Gasteiger partial charge in [0.2, 0.25) is 0 Å². The van der Waals surface area contributed by atoms with Crippen LogP contribution in [0.25, 0.3) is 0 Å². The molecular weight excluding hydrogens is 448 g/mol. The number of ether oxygens (including phenoxy) is 6. The Labute approximate surface area is 205 Å². The second-order valence-corrected chi connectivity index (χ2v) is 8.36. The summed E-state index contributed by atoms with van der Waals surface area (Å²) in [5.41, 5.74) is 1.14. The molecule has 0 radical (unpaired) electrons. The third-order valence-electron chi connectivity index (χ3n) is 5.62. The Balaban J connectivity index is 1.15. The van der Waals surface area contributed by atoms with Gasteiger partial charge in [-0.1, -0.05) is 30.3 Å². The molecular formula is C28H30O7. The second-order valence-electron chi connectivity index (χ2n) is 8.36. The Hall–Kier alpha value is -3.55. The summed E-state index contributed by atoms with van der Waals surface area (Å²) in [6, 6.07) is 25.1. The molecule has 1 aliphatic heterocycles. The molecule has 1 fully saturated rings. The molecule has 7 nitrogen and oxygen atoms in total. The van der Waals surface area contributed by atoms with Gasteiger partial charge < -0.3 is 28.4 Å². The molecule has 0 bridgehead atoms. The van der Waals surface area contributed by atoms with Gasteiger partial charge in [-0.25, -0.2) is 4.79 Å². The van der Waals surface area contributed by atoms with Gasteiger partial charge in [0, 0.05) is 12.8 Å². The first-order valence-electron chi connectivity index (χ1n) is 11.6. The van der Waals surface area contributed by atoms with Crippen LogP contribution in [0.4, 0.5) is 0 Å². The lowest BCUT2D eigenvalue weighted by atomic mass is 9.99. The molecule has 0 aliphatic carbocycles. The fourth-order valence-corrected chi connectivity index (χ4v) is 3.67. The van der Waals surface area contributed by atoms with E-state index in [1.54, 1.807) is 6.92 Å². The van der Waals surface area contributed by atoms with E-state index in [2.05, 4.69) is 0 Å². The van der Waals surface area contributed by atoms with Crippen molar-refractivity contribution in [2.45, 2.75) is 19.1 Å². The van der Waals surface area contributed by atoms with Gasteiger partial charge in [-0.3, -0.25) is 0 Å². The number of methoxy groups -OCH3 is 1. The molecule has 0 atom stereocenters. The Morgan fingerprint density at radius 1 is 0.800 bits per heavy atom. The minimum Gasteiger partial charge on any atom is -0.490 e. The summed E-state index contributed by atoms with van der Waals surface area (Å²) in [4.78, 5) is 11.8. The van der Waals surface area contributed by atoms with Gasteiger partial charge >= 0.3 is 5.97 Å². The topological polar surface area (TPSA) is 72.5 Å². The highest BCUT2D eigenvalue weighted by atomic mass is 16.7. The van der Waals surface area contributed by atoms with Crippen LogP contribution in [0.2, 0.25) is 0 Å². The lowest BCUT2D eigenvalue weighted by molar-refractivity contribution is -0.272. The number of carbonyl (C=O) groups excluding carboxylic acids is 1. The molecule has 3 aromatic carbocycles. The van der Waals surface area contributed by atoms with E-state index in [-0.39, 0.29) is 5.92 Å². The molecule has 1 heterocycles. The Morgan fingerprint density at radius 2 is 1.31 bits per heavy atom. The minimum atomic E-state index is -1.32. The molecule has 1 aliphatic rings. The van der Waals surface area contributed by atoms with E-state index in [0.717, 1.165) is 35.0 Å². The van der Waals surface area contributed by atoms with Gasteiger partial charge in [-0.2, -0.15) is 0 Å². The summed E-state index contributed by atoms with van der Waals surface area (Å²) >= 11 is 0. The van der Waals surface area contributed by atoms with Crippen LogP contribution in [-0.2, 0) is 25.4 Å². The molecule has 4 rings (SSSR count). The average Bonchev–Trinajstić information content (AvgIpc) is 2.90. The van der Waals surface area contributed by atoms with E-state index >= 15 is 0 Å². The monoisotopic (exact) mass is 478 g/mol. The SMILES string of the molecule is COC(=O)[C@]1(C)OC[C@@H](Cc2ccc(OCCOc3ccc(Oc4ccccc4)cc3)cc2)CO1. The number of benzene rings is 3. The van der Waals surface area contributed by atoms with Gasteiger partial charge in [0.1, 0.15) is 36.2 Å². The van der Waals surface area contributed by atoms with E-state index in [9.17, 15) is 4.79 Å². The fraction of sp³-hybridized carbons (Fsp3) is 0.321. The molecule has 3 aromatic rings. The highest BCUT2D eigenvalue weighted by Crippen LogP contribution is 2.26. The molecule has 184 valence electrons. The van der Waals surface area contributed by atoms with E-state index in [0.29, 0.717) is 26.4 Å². The van der Waals surface area contributed by atoms with Crippen molar-refractivity contribution in [1.29, 1.82) is 0 Å². The first kappa shape index (κ1) is 24.6. The van der Waals surface area contributed by atoms with Crippen LogP contribution in [0.5, 0.6) is 23.0 Å². The molecule has 7 heteroatoms. The van der Waals surface area contributed by atoms with Crippen molar-refractivity contribution in [3.8, 4) is 23.0 Å². The molecule has 0 amide bonds. The normalized spacial score (nSPS) is 19.5. The first-order valence-corrected chi connectivity index (χ1v) is 11.6. The maximum atomic E-state index is 11.8. The van der Waals surface area contributed by atoms with Crippen LogP contribution in [0, 0.1) is 5.92 Å². The van der Waals surface area contributed by atoms with Crippen LogP contribution in [0.3, 0.4) is 0 Å². The fourth-order valence-electron chi connectivity index (χ4n) is 3.67. The van der Waals surface area contributed by atoms with Gasteiger partial charge in [0.25, 0.3) is 5.79 Å². The van der Waals surface area contributed by atoms with Crippen LogP contribution in [0.1, 0.15) is 12.5 Å². The highest BCUT2D eigenvalue weighted by molar-refractivity contribution is 5.77. The predicted molar refractivity (Wildman–Crippen MR) is 130 cm³/mol. The van der Waals surface area contributed by atoms with Gasteiger partial charge in [0.05, 0.1) is 20.3 Å². The number of carbonyl (C=O) groups is 1. The third-order valence-corrected chi connectivity index (χ3v) is 5.62. The van der Waals surface area contributed by atoms with Gasteiger partial charge in [-0.15, -0.1) is 0 Å². The second kappa shape index (κ2) is 11.7. The summed E-state index contributed by atoms with van der Waals surface area (Å²) in [6.07, 6.45) is 0.782. The number of para-hydroxylation sites is 1. The summed E-state index contributed by atoms with van der Waals surface area (Å²) < 4.78 is 33.3. The molecule has 0 unspecified atom stereocenters. The number of esters is 1. The van der Waals surface area contributed by atoms with Crippen molar-refractivity contribution in [2.24, 2.45) is 5.92 Å². The van der Waals surface area contributed by atoms with Crippen LogP contribution < -0.4 is 14.2 Å².